The van der Waals surface area contributed by atoms with Crippen molar-refractivity contribution >= 4 is 60.5 Å². The first-order chi connectivity index (χ1) is 17.5. The Balaban J connectivity index is 1.51. The minimum absolute atomic E-state index is 0.00505. The lowest BCUT2D eigenvalue weighted by Crippen LogP contribution is -2.35. The standard InChI is InChI=1S/C25H25Cl2N3O5S2/c1-17-22(26)6-5-7-24(17)29-36(32,33)19-10-8-18(9-11-19)28-25(31)21-16-20(12-13-23(21)27)37(34,35)30-14-3-2-4-15-30/h5-13,16,29H,2-4,14-15H2,1H3,(H,28,31). The van der Waals surface area contributed by atoms with E-state index in [1.165, 1.54) is 46.8 Å². The molecule has 3 aromatic carbocycles. The molecule has 0 spiro atoms. The molecule has 1 saturated heterocycles. The number of rotatable bonds is 7. The predicted molar refractivity (Wildman–Crippen MR) is 145 cm³/mol. The summed E-state index contributed by atoms with van der Waals surface area (Å²) < 4.78 is 55.6. The average Bonchev–Trinajstić information content (AvgIpc) is 2.87. The number of amides is 1. The van der Waals surface area contributed by atoms with Crippen molar-refractivity contribution < 1.29 is 21.6 Å². The summed E-state index contributed by atoms with van der Waals surface area (Å²) in [5.41, 5.74) is 1.26. The third kappa shape index (κ3) is 6.10. The number of hydrogen-bond donors (Lipinski definition) is 2. The number of piperidine rings is 1. The van der Waals surface area contributed by atoms with Gasteiger partial charge in [-0.1, -0.05) is 35.7 Å². The van der Waals surface area contributed by atoms with Crippen molar-refractivity contribution in [2.75, 3.05) is 23.1 Å². The highest BCUT2D eigenvalue weighted by molar-refractivity contribution is 7.92. The van der Waals surface area contributed by atoms with Gasteiger partial charge >= 0.3 is 0 Å². The molecular formula is C25H25Cl2N3O5S2. The number of benzene rings is 3. The lowest BCUT2D eigenvalue weighted by molar-refractivity contribution is 0.102. The topological polar surface area (TPSA) is 113 Å². The van der Waals surface area contributed by atoms with Gasteiger partial charge in [-0.3, -0.25) is 9.52 Å². The highest BCUT2D eigenvalue weighted by Crippen LogP contribution is 2.28. The van der Waals surface area contributed by atoms with Crippen LogP contribution in [-0.4, -0.2) is 40.1 Å². The number of nitrogens with one attached hydrogen (secondary N) is 2. The summed E-state index contributed by atoms with van der Waals surface area (Å²) in [7, 11) is -7.65. The van der Waals surface area contributed by atoms with Crippen LogP contribution in [0.2, 0.25) is 10.0 Å². The Morgan fingerprint density at radius 1 is 0.838 bits per heavy atom. The maximum Gasteiger partial charge on any atom is 0.261 e. The van der Waals surface area contributed by atoms with Crippen molar-refractivity contribution in [2.45, 2.75) is 36.0 Å². The number of anilines is 2. The van der Waals surface area contributed by atoms with E-state index in [1.807, 2.05) is 0 Å². The van der Waals surface area contributed by atoms with Gasteiger partial charge in [0.15, 0.2) is 0 Å². The summed E-state index contributed by atoms with van der Waals surface area (Å²) in [6.07, 6.45) is 2.57. The van der Waals surface area contributed by atoms with E-state index in [0.717, 1.165) is 19.3 Å². The third-order valence-electron chi connectivity index (χ3n) is 6.07. The fourth-order valence-electron chi connectivity index (χ4n) is 3.93. The molecule has 0 aliphatic carbocycles. The molecule has 0 saturated carbocycles. The normalized spacial score (nSPS) is 14.8. The molecule has 2 N–H and O–H groups in total. The SMILES string of the molecule is Cc1c(Cl)cccc1NS(=O)(=O)c1ccc(NC(=O)c2cc(S(=O)(=O)N3CCCCC3)ccc2Cl)cc1. The number of carbonyl (C=O) groups is 1. The molecule has 196 valence electrons. The molecular weight excluding hydrogens is 557 g/mol. The van der Waals surface area contributed by atoms with Gasteiger partial charge in [-0.2, -0.15) is 4.31 Å². The van der Waals surface area contributed by atoms with Crippen molar-refractivity contribution in [3.8, 4) is 0 Å². The second-order valence-electron chi connectivity index (χ2n) is 8.60. The zero-order valence-corrected chi connectivity index (χ0v) is 23.0. The van der Waals surface area contributed by atoms with E-state index >= 15 is 0 Å². The maximum atomic E-state index is 13.0. The van der Waals surface area contributed by atoms with Gasteiger partial charge in [-0.05, 0) is 79.9 Å². The largest absolute Gasteiger partial charge is 0.322 e. The number of hydrogen-bond acceptors (Lipinski definition) is 5. The quantitative estimate of drug-likeness (QED) is 0.381. The van der Waals surface area contributed by atoms with Crippen molar-refractivity contribution in [3.63, 3.8) is 0 Å². The Hall–Kier alpha value is -2.63. The van der Waals surface area contributed by atoms with Crippen LogP contribution in [0.3, 0.4) is 0 Å². The molecule has 0 bridgehead atoms. The van der Waals surface area contributed by atoms with Gasteiger partial charge in [0.25, 0.3) is 15.9 Å². The van der Waals surface area contributed by atoms with Crippen molar-refractivity contribution in [3.05, 3.63) is 81.8 Å². The minimum Gasteiger partial charge on any atom is -0.322 e. The van der Waals surface area contributed by atoms with Gasteiger partial charge in [-0.15, -0.1) is 0 Å². The van der Waals surface area contributed by atoms with Crippen LogP contribution in [0.1, 0.15) is 35.2 Å². The molecule has 4 rings (SSSR count). The number of nitrogens with zero attached hydrogens (tertiary/aromatic N) is 1. The summed E-state index contributed by atoms with van der Waals surface area (Å²) in [6, 6.07) is 14.5. The van der Waals surface area contributed by atoms with Crippen LogP contribution in [0.15, 0.2) is 70.5 Å². The Kier molecular flexibility index (Phi) is 8.15. The fraction of sp³-hybridized carbons (Fsp3) is 0.240. The monoisotopic (exact) mass is 581 g/mol. The Bertz CT molecular complexity index is 1540. The first-order valence-electron chi connectivity index (χ1n) is 11.5. The second-order valence-corrected chi connectivity index (χ2v) is 13.0. The molecule has 3 aromatic rings. The highest BCUT2D eigenvalue weighted by atomic mass is 35.5. The summed E-state index contributed by atoms with van der Waals surface area (Å²) in [4.78, 5) is 12.9. The Labute approximate surface area is 226 Å². The summed E-state index contributed by atoms with van der Waals surface area (Å²) >= 11 is 12.3. The number of sulfonamides is 2. The van der Waals surface area contributed by atoms with E-state index in [0.29, 0.717) is 35.1 Å². The van der Waals surface area contributed by atoms with Crippen LogP contribution in [0.4, 0.5) is 11.4 Å². The summed E-state index contributed by atoms with van der Waals surface area (Å²) in [5, 5.41) is 3.17. The van der Waals surface area contributed by atoms with Crippen molar-refractivity contribution in [1.82, 2.24) is 4.31 Å². The Morgan fingerprint density at radius 2 is 1.49 bits per heavy atom. The van der Waals surface area contributed by atoms with Gasteiger partial charge in [-0.25, -0.2) is 16.8 Å². The Morgan fingerprint density at radius 3 is 2.16 bits per heavy atom. The van der Waals surface area contributed by atoms with Crippen molar-refractivity contribution in [2.24, 2.45) is 0 Å². The highest BCUT2D eigenvalue weighted by Gasteiger charge is 2.27. The van der Waals surface area contributed by atoms with E-state index in [4.69, 9.17) is 23.2 Å². The molecule has 12 heteroatoms. The van der Waals surface area contributed by atoms with Gasteiger partial charge in [0.1, 0.15) is 0 Å². The third-order valence-corrected chi connectivity index (χ3v) is 10.1. The first-order valence-corrected chi connectivity index (χ1v) is 15.2. The molecule has 8 nitrogen and oxygen atoms in total. The van der Waals surface area contributed by atoms with Crippen LogP contribution in [0.5, 0.6) is 0 Å². The van der Waals surface area contributed by atoms with E-state index in [1.54, 1.807) is 25.1 Å². The molecule has 0 atom stereocenters. The van der Waals surface area contributed by atoms with Gasteiger partial charge in [0.05, 0.1) is 26.1 Å². The van der Waals surface area contributed by atoms with Gasteiger partial charge in [0, 0.05) is 23.8 Å². The molecule has 1 fully saturated rings. The number of halogens is 2. The molecule has 0 aromatic heterocycles. The maximum absolute atomic E-state index is 13.0. The lowest BCUT2D eigenvalue weighted by atomic mass is 10.2. The van der Waals surface area contributed by atoms with E-state index in [2.05, 4.69) is 10.0 Å². The van der Waals surface area contributed by atoms with E-state index < -0.39 is 26.0 Å². The van der Waals surface area contributed by atoms with Crippen LogP contribution >= 0.6 is 23.2 Å². The summed E-state index contributed by atoms with van der Waals surface area (Å²) in [6.45, 7) is 2.58. The summed E-state index contributed by atoms with van der Waals surface area (Å²) in [5.74, 6) is -0.621. The van der Waals surface area contributed by atoms with Gasteiger partial charge in [0.2, 0.25) is 10.0 Å². The predicted octanol–water partition coefficient (Wildman–Crippen LogP) is 5.53. The molecule has 37 heavy (non-hydrogen) atoms. The zero-order chi connectivity index (χ0) is 26.8. The lowest BCUT2D eigenvalue weighted by Gasteiger charge is -2.26. The van der Waals surface area contributed by atoms with E-state index in [9.17, 15) is 21.6 Å². The van der Waals surface area contributed by atoms with Crippen LogP contribution in [-0.2, 0) is 20.0 Å². The van der Waals surface area contributed by atoms with E-state index in [-0.39, 0.29) is 20.4 Å². The average molecular weight is 583 g/mol. The zero-order valence-electron chi connectivity index (χ0n) is 19.9. The van der Waals surface area contributed by atoms with Gasteiger partial charge < -0.3 is 5.32 Å². The number of carbonyl (C=O) groups excluding carboxylic acids is 1. The molecule has 1 aliphatic heterocycles. The molecule has 1 amide bonds. The minimum atomic E-state index is -3.90. The molecule has 0 unspecified atom stereocenters. The van der Waals surface area contributed by atoms with Crippen molar-refractivity contribution in [1.29, 1.82) is 0 Å². The molecule has 1 aliphatic rings. The van der Waals surface area contributed by atoms with Crippen LogP contribution in [0, 0.1) is 6.92 Å². The smallest absolute Gasteiger partial charge is 0.261 e. The van der Waals surface area contributed by atoms with Crippen LogP contribution < -0.4 is 10.0 Å². The van der Waals surface area contributed by atoms with Crippen LogP contribution in [0.25, 0.3) is 0 Å². The molecule has 0 radical (unpaired) electrons. The molecule has 1 heterocycles. The second kappa shape index (κ2) is 11.0. The first kappa shape index (κ1) is 27.4. The fourth-order valence-corrected chi connectivity index (χ4v) is 6.98.